The number of nitrogens with zero attached hydrogens (tertiary/aromatic N) is 5. The van der Waals surface area contributed by atoms with Gasteiger partial charge in [0.15, 0.2) is 29.8 Å². The fourth-order valence-corrected chi connectivity index (χ4v) is 5.58. The summed E-state index contributed by atoms with van der Waals surface area (Å²) in [4.78, 5) is 51.1. The highest BCUT2D eigenvalue weighted by molar-refractivity contribution is 7.80. The monoisotopic (exact) mass is 706 g/mol. The molecule has 0 aromatic carbocycles. The van der Waals surface area contributed by atoms with Gasteiger partial charge in [0, 0.05) is 36.5 Å². The molecular formula is C27H32N9O10S2+. The first-order valence-corrected chi connectivity index (χ1v) is 16.5. The van der Waals surface area contributed by atoms with Crippen molar-refractivity contribution in [1.82, 2.24) is 25.7 Å². The lowest BCUT2D eigenvalue weighted by molar-refractivity contribution is -0.703. The van der Waals surface area contributed by atoms with Crippen LogP contribution < -0.4 is 31.0 Å². The predicted molar refractivity (Wildman–Crippen MR) is 167 cm³/mol. The number of hydrogen-bond donors (Lipinski definition) is 6. The molecule has 2 aliphatic heterocycles. The molecule has 0 bridgehead atoms. The second-order valence-electron chi connectivity index (χ2n) is 11.3. The minimum atomic E-state index is -5.02. The number of nitrogen functional groups attached to an aromatic ring is 1. The molecule has 2 aliphatic rings. The molecule has 5 heterocycles. The molecule has 256 valence electrons. The molecule has 2 atom stereocenters. The van der Waals surface area contributed by atoms with Crippen molar-refractivity contribution in [1.29, 1.82) is 0 Å². The Kier molecular flexibility index (Phi) is 10.0. The number of hydrogen-bond acceptors (Lipinski definition) is 15. The van der Waals surface area contributed by atoms with Crippen LogP contribution in [0.25, 0.3) is 0 Å². The van der Waals surface area contributed by atoms with Crippen LogP contribution in [0.2, 0.25) is 0 Å². The molecule has 2 amide bonds. The first-order valence-electron chi connectivity index (χ1n) is 14.3. The summed E-state index contributed by atoms with van der Waals surface area (Å²) in [7, 11) is -5.02. The Bertz CT molecular complexity index is 1800. The largest absolute Gasteiger partial charge is 0.487 e. The number of oxime groups is 1. The summed E-state index contributed by atoms with van der Waals surface area (Å²) in [6, 6.07) is 5.75. The van der Waals surface area contributed by atoms with Gasteiger partial charge in [-0.05, 0) is 26.0 Å². The van der Waals surface area contributed by atoms with E-state index in [9.17, 15) is 27.9 Å². The van der Waals surface area contributed by atoms with Crippen LogP contribution in [0.1, 0.15) is 19.5 Å². The normalized spacial score (nSPS) is 18.3. The van der Waals surface area contributed by atoms with Crippen molar-refractivity contribution in [3.63, 3.8) is 0 Å². The molecule has 5 rings (SSSR count). The van der Waals surface area contributed by atoms with E-state index < -0.39 is 58.2 Å². The molecule has 0 saturated carbocycles. The number of pyridine rings is 2. The Labute approximate surface area is 277 Å². The Morgan fingerprint density at radius 3 is 2.54 bits per heavy atom. The van der Waals surface area contributed by atoms with Crippen molar-refractivity contribution in [2.45, 2.75) is 38.1 Å². The van der Waals surface area contributed by atoms with E-state index in [4.69, 9.17) is 19.9 Å². The number of rotatable bonds is 15. The van der Waals surface area contributed by atoms with Gasteiger partial charge in [0.05, 0.1) is 17.4 Å². The van der Waals surface area contributed by atoms with Crippen molar-refractivity contribution in [2.75, 3.05) is 30.7 Å². The van der Waals surface area contributed by atoms with Gasteiger partial charge in [-0.25, -0.2) is 19.3 Å². The maximum atomic E-state index is 13.2. The number of ether oxygens (including phenoxy) is 1. The average molecular weight is 707 g/mol. The second kappa shape index (κ2) is 14.0. The third-order valence-electron chi connectivity index (χ3n) is 7.28. The third kappa shape index (κ3) is 8.30. The van der Waals surface area contributed by atoms with Crippen molar-refractivity contribution < 1.29 is 50.9 Å². The van der Waals surface area contributed by atoms with E-state index in [0.29, 0.717) is 16.8 Å². The molecule has 0 spiro atoms. The summed E-state index contributed by atoms with van der Waals surface area (Å²) in [6.07, 6.45) is 3.65. The average Bonchev–Trinajstić information content (AvgIpc) is 3.44. The van der Waals surface area contributed by atoms with Crippen LogP contribution in [-0.2, 0) is 40.4 Å². The standard InChI is InChI=1S/C27H31N9O10S2/c1-27(2)22(24(38)36(27)46-48(41,42)43)33-23(37)21(18-14-47-26(28)32-18)34-45-19(25(39)40)13-44-17-3-4-20(30-11-17)31-16-5-7-35(8-6-16)12-15-9-29-10-15/h3-8,11,14-15,19,22,29H,9-10,12-13H2,1-2H3,(H5,28,32,33,37,39,40,41,42,43)/p+1/b34-21-/t19-,22?/m0/s1. The number of aliphatic carboxylic acids is 1. The van der Waals surface area contributed by atoms with Gasteiger partial charge in [-0.3, -0.25) is 14.1 Å². The maximum Gasteiger partial charge on any atom is 0.418 e. The van der Waals surface area contributed by atoms with Crippen molar-refractivity contribution >= 4 is 61.9 Å². The third-order valence-corrected chi connectivity index (χ3v) is 8.30. The van der Waals surface area contributed by atoms with Crippen molar-refractivity contribution in [3.05, 3.63) is 53.9 Å². The molecule has 3 aromatic heterocycles. The van der Waals surface area contributed by atoms with Gasteiger partial charge in [-0.2, -0.15) is 13.5 Å². The van der Waals surface area contributed by atoms with E-state index in [2.05, 4.69) is 39.9 Å². The van der Waals surface area contributed by atoms with E-state index in [0.717, 1.165) is 36.7 Å². The molecule has 48 heavy (non-hydrogen) atoms. The van der Waals surface area contributed by atoms with Crippen LogP contribution >= 0.6 is 11.3 Å². The van der Waals surface area contributed by atoms with E-state index in [1.54, 1.807) is 12.1 Å². The first kappa shape index (κ1) is 34.4. The van der Waals surface area contributed by atoms with E-state index in [1.165, 1.54) is 25.4 Å². The van der Waals surface area contributed by atoms with Crippen LogP contribution in [0.4, 0.5) is 16.6 Å². The Balaban J connectivity index is 1.20. The number of thiazole rings is 1. The van der Waals surface area contributed by atoms with Gasteiger partial charge >= 0.3 is 16.4 Å². The lowest BCUT2D eigenvalue weighted by atomic mass is 9.84. The molecule has 0 radical (unpaired) electrons. The number of carboxylic acid groups (broad SMARTS) is 1. The summed E-state index contributed by atoms with van der Waals surface area (Å²) in [6.45, 7) is 5.16. The lowest BCUT2D eigenvalue weighted by Gasteiger charge is -2.50. The number of nitrogens with two attached hydrogens (primary N) is 1. The summed E-state index contributed by atoms with van der Waals surface area (Å²) < 4.78 is 43.1. The van der Waals surface area contributed by atoms with Crippen LogP contribution in [0.3, 0.4) is 0 Å². The summed E-state index contributed by atoms with van der Waals surface area (Å²) in [5.41, 5.74) is 4.47. The number of anilines is 3. The number of hydroxylamine groups is 2. The highest BCUT2D eigenvalue weighted by atomic mass is 32.3. The number of aromatic nitrogens is 3. The van der Waals surface area contributed by atoms with Crippen molar-refractivity contribution in [3.8, 4) is 5.75 Å². The van der Waals surface area contributed by atoms with E-state index >= 15 is 0 Å². The van der Waals surface area contributed by atoms with E-state index in [-0.39, 0.29) is 16.6 Å². The van der Waals surface area contributed by atoms with E-state index in [1.807, 2.05) is 24.5 Å². The van der Waals surface area contributed by atoms with Gasteiger partial charge in [-0.15, -0.1) is 15.6 Å². The van der Waals surface area contributed by atoms with Gasteiger partial charge < -0.3 is 36.4 Å². The van der Waals surface area contributed by atoms with Gasteiger partial charge in [0.25, 0.3) is 17.9 Å². The summed E-state index contributed by atoms with van der Waals surface area (Å²) >= 11 is 0.955. The minimum Gasteiger partial charge on any atom is -0.487 e. The van der Waals surface area contributed by atoms with Crippen molar-refractivity contribution in [2.24, 2.45) is 11.1 Å². The molecular weight excluding hydrogens is 674 g/mol. The maximum absolute atomic E-state index is 13.2. The topological polar surface area (TPSA) is 261 Å². The van der Waals surface area contributed by atoms with Gasteiger partial charge in [0.2, 0.25) is 0 Å². The number of nitrogens with one attached hydrogen (secondary N) is 3. The first-order chi connectivity index (χ1) is 22.7. The second-order valence-corrected chi connectivity index (χ2v) is 13.2. The van der Waals surface area contributed by atoms with Crippen LogP contribution in [-0.4, -0.2) is 94.0 Å². The molecule has 21 heteroatoms. The minimum absolute atomic E-state index is 0.0550. The highest BCUT2D eigenvalue weighted by Gasteiger charge is 2.58. The number of carbonyl (C=O) groups is 3. The molecule has 3 aromatic rings. The highest BCUT2D eigenvalue weighted by Crippen LogP contribution is 2.33. The number of carbonyl (C=O) groups excluding carboxylic acids is 2. The Morgan fingerprint density at radius 2 is 2.00 bits per heavy atom. The van der Waals surface area contributed by atoms with Gasteiger partial charge in [-0.1, -0.05) is 5.16 Å². The Morgan fingerprint density at radius 1 is 1.27 bits per heavy atom. The SMILES string of the molecule is CC1(C)C(NC(=O)/C(=N\O[C@@H](COc2ccc(Nc3cc[n+](CC4CNC4)cc3)nc2)C(=O)O)c2csc(N)n2)C(=O)N1OS(=O)(=O)O. The Hall–Kier alpha value is -4.96. The smallest absolute Gasteiger partial charge is 0.418 e. The van der Waals surface area contributed by atoms with Crippen LogP contribution in [0.15, 0.2) is 53.4 Å². The quantitative estimate of drug-likeness (QED) is 0.0381. The predicted octanol–water partition coefficient (Wildman–Crippen LogP) is -0.536. The molecule has 1 unspecified atom stereocenters. The van der Waals surface area contributed by atoms with Gasteiger partial charge in [0.1, 0.15) is 29.9 Å². The fraction of sp³-hybridized carbons (Fsp3) is 0.370. The molecule has 0 aliphatic carbocycles. The fourth-order valence-electron chi connectivity index (χ4n) is 4.58. The molecule has 2 fully saturated rings. The summed E-state index contributed by atoms with van der Waals surface area (Å²) in [5.74, 6) is -2.11. The summed E-state index contributed by atoms with van der Waals surface area (Å²) in [5, 5.41) is 24.0. The van der Waals surface area contributed by atoms with Crippen LogP contribution in [0, 0.1) is 5.92 Å². The molecule has 7 N–H and O–H groups in total. The lowest BCUT2D eigenvalue weighted by Crippen LogP contribution is -2.76. The van der Waals surface area contributed by atoms with Crippen LogP contribution in [0.5, 0.6) is 5.75 Å². The zero-order valence-corrected chi connectivity index (χ0v) is 27.1. The zero-order chi connectivity index (χ0) is 34.6. The molecule has 2 saturated heterocycles. The number of β-lactam (4-membered cyclic amide) rings is 1. The number of amides is 2. The number of carboxylic acids is 1. The molecule has 19 nitrogen and oxygen atoms in total. The zero-order valence-electron chi connectivity index (χ0n) is 25.5.